The number of aromatic nitrogens is 1. The van der Waals surface area contributed by atoms with Gasteiger partial charge >= 0.3 is 0 Å². The van der Waals surface area contributed by atoms with Crippen LogP contribution in [0.2, 0.25) is 15.2 Å². The summed E-state index contributed by atoms with van der Waals surface area (Å²) in [5, 5.41) is -1.19. The Morgan fingerprint density at radius 1 is 1.00 bits per heavy atom. The highest BCUT2D eigenvalue weighted by molar-refractivity contribution is 7.92. The monoisotopic (exact) mass is 454 g/mol. The Balaban J connectivity index is 2.34. The van der Waals surface area contributed by atoms with Crippen molar-refractivity contribution in [3.05, 3.63) is 98.3 Å². The molecule has 28 heavy (non-hydrogen) atoms. The second-order valence-electron chi connectivity index (χ2n) is 5.73. The highest BCUT2D eigenvalue weighted by atomic mass is 35.5. The molecule has 0 saturated heterocycles. The maximum absolute atomic E-state index is 14.7. The lowest BCUT2D eigenvalue weighted by Gasteiger charge is -2.21. The number of hydrogen-bond donors (Lipinski definition) is 0. The summed E-state index contributed by atoms with van der Waals surface area (Å²) in [6, 6.07) is 10.2. The van der Waals surface area contributed by atoms with Crippen molar-refractivity contribution >= 4 is 50.3 Å². The van der Waals surface area contributed by atoms with Crippen molar-refractivity contribution in [3.63, 3.8) is 0 Å². The summed E-state index contributed by atoms with van der Waals surface area (Å²) in [7, 11) is -4.18. The molecule has 0 aliphatic heterocycles. The number of nitrogens with zero attached hydrogens (tertiary/aromatic N) is 2. The topological polar surface area (TPSA) is 51.4 Å². The molecule has 2 aromatic carbocycles. The van der Waals surface area contributed by atoms with E-state index in [1.165, 1.54) is 48.7 Å². The summed E-state index contributed by atoms with van der Waals surface area (Å²) >= 11 is 18.0. The van der Waals surface area contributed by atoms with E-state index in [4.69, 9.17) is 41.4 Å². The first-order chi connectivity index (χ1) is 13.2. The number of sulfone groups is 1. The molecule has 0 amide bonds. The molecule has 9 heteroatoms. The van der Waals surface area contributed by atoms with Crippen molar-refractivity contribution < 1.29 is 12.8 Å². The van der Waals surface area contributed by atoms with Gasteiger partial charge in [-0.1, -0.05) is 40.9 Å². The molecule has 0 N–H and O–H groups in total. The van der Waals surface area contributed by atoms with Crippen LogP contribution in [-0.4, -0.2) is 13.4 Å². The molecule has 142 valence electrons. The minimum atomic E-state index is -4.18. The van der Waals surface area contributed by atoms with Gasteiger partial charge in [-0.05, 0) is 48.0 Å². The van der Waals surface area contributed by atoms with Gasteiger partial charge in [0.05, 0.1) is 16.5 Å². The Morgan fingerprint density at radius 3 is 2.32 bits per heavy atom. The molecule has 0 fully saturated rings. The third-order valence-corrected chi connectivity index (χ3v) is 6.81. The van der Waals surface area contributed by atoms with E-state index in [0.717, 1.165) is 6.07 Å². The molecule has 0 saturated carbocycles. The highest BCUT2D eigenvalue weighted by Crippen LogP contribution is 2.41. The molecule has 3 aromatic rings. The molecule has 4 nitrogen and oxygen atoms in total. The van der Waals surface area contributed by atoms with E-state index in [1.54, 1.807) is 0 Å². The van der Waals surface area contributed by atoms with E-state index >= 15 is 0 Å². The van der Waals surface area contributed by atoms with Crippen LogP contribution in [0.15, 0.2) is 59.6 Å². The van der Waals surface area contributed by atoms with Crippen LogP contribution in [0.5, 0.6) is 0 Å². The quantitative estimate of drug-likeness (QED) is 0.343. The molecular formula is C19H10Cl3FN2O2S. The average molecular weight is 456 g/mol. The SMILES string of the molecule is [C-]#[N+]c1ccc(F)c(C(c2cc(Cl)ncc2Cl)S(=O)(=O)c2ccc(Cl)cc2)c1. The molecule has 0 spiro atoms. The summed E-state index contributed by atoms with van der Waals surface area (Å²) in [6.45, 7) is 7.16. The highest BCUT2D eigenvalue weighted by Gasteiger charge is 2.35. The van der Waals surface area contributed by atoms with Crippen LogP contribution in [0.4, 0.5) is 10.1 Å². The third kappa shape index (κ3) is 3.98. The number of halogens is 4. The lowest BCUT2D eigenvalue weighted by molar-refractivity contribution is 0.578. The standard InChI is InChI=1S/C19H10Cl3FN2O2S/c1-24-12-4-7-17(23)15(8-12)19(14-9-18(22)25-10-16(14)21)28(26,27)13-5-2-11(20)3-6-13/h2-10,19H. The van der Waals surface area contributed by atoms with Crippen LogP contribution in [0.25, 0.3) is 4.85 Å². The Bertz CT molecular complexity index is 1190. The van der Waals surface area contributed by atoms with Gasteiger partial charge in [0.2, 0.25) is 0 Å². The van der Waals surface area contributed by atoms with Gasteiger partial charge in [-0.2, -0.15) is 0 Å². The van der Waals surface area contributed by atoms with Gasteiger partial charge in [0.25, 0.3) is 0 Å². The lowest BCUT2D eigenvalue weighted by atomic mass is 10.0. The van der Waals surface area contributed by atoms with E-state index in [1.807, 2.05) is 0 Å². The Kier molecular flexibility index (Phi) is 5.92. The molecule has 0 aliphatic carbocycles. The number of hydrogen-bond acceptors (Lipinski definition) is 3. The van der Waals surface area contributed by atoms with Crippen LogP contribution < -0.4 is 0 Å². The summed E-state index contributed by atoms with van der Waals surface area (Å²) in [5.74, 6) is -0.793. The van der Waals surface area contributed by atoms with E-state index in [0.29, 0.717) is 5.02 Å². The average Bonchev–Trinajstić information content (AvgIpc) is 2.66. The van der Waals surface area contributed by atoms with E-state index < -0.39 is 20.9 Å². The first-order valence-electron chi connectivity index (χ1n) is 7.71. The van der Waals surface area contributed by atoms with Gasteiger partial charge in [0.15, 0.2) is 15.5 Å². The fraction of sp³-hybridized carbons (Fsp3) is 0.0526. The van der Waals surface area contributed by atoms with Crippen molar-refractivity contribution in [1.82, 2.24) is 4.98 Å². The molecule has 1 unspecified atom stereocenters. The zero-order valence-electron chi connectivity index (χ0n) is 13.9. The molecule has 0 radical (unpaired) electrons. The Hall–Kier alpha value is -2.17. The zero-order valence-corrected chi connectivity index (χ0v) is 17.0. The van der Waals surface area contributed by atoms with Crippen LogP contribution in [0, 0.1) is 12.4 Å². The van der Waals surface area contributed by atoms with Crippen LogP contribution in [-0.2, 0) is 9.84 Å². The van der Waals surface area contributed by atoms with E-state index in [-0.39, 0.29) is 31.9 Å². The van der Waals surface area contributed by atoms with Gasteiger partial charge < -0.3 is 0 Å². The summed E-state index contributed by atoms with van der Waals surface area (Å²) in [6.07, 6.45) is 1.19. The number of benzene rings is 2. The molecule has 0 aliphatic rings. The van der Waals surface area contributed by atoms with Crippen molar-refractivity contribution in [2.75, 3.05) is 0 Å². The predicted molar refractivity (Wildman–Crippen MR) is 107 cm³/mol. The van der Waals surface area contributed by atoms with Gasteiger partial charge in [0.1, 0.15) is 16.2 Å². The zero-order chi connectivity index (χ0) is 20.5. The molecule has 1 atom stereocenters. The maximum atomic E-state index is 14.7. The molecule has 0 bridgehead atoms. The molecule has 1 heterocycles. The number of rotatable bonds is 4. The van der Waals surface area contributed by atoms with Gasteiger partial charge in [-0.3, -0.25) is 0 Å². The normalized spacial score (nSPS) is 12.4. The van der Waals surface area contributed by atoms with Crippen LogP contribution in [0.3, 0.4) is 0 Å². The van der Waals surface area contributed by atoms with Crippen LogP contribution >= 0.6 is 34.8 Å². The molecular weight excluding hydrogens is 446 g/mol. The summed E-state index contributed by atoms with van der Waals surface area (Å²) in [4.78, 5) is 6.99. The minimum absolute atomic E-state index is 0.000413. The molecule has 3 rings (SSSR count). The van der Waals surface area contributed by atoms with Gasteiger partial charge in [0, 0.05) is 16.8 Å². The Labute approximate surface area is 176 Å². The van der Waals surface area contributed by atoms with Crippen molar-refractivity contribution in [1.29, 1.82) is 0 Å². The van der Waals surface area contributed by atoms with Gasteiger partial charge in [-0.25, -0.2) is 22.6 Å². The van der Waals surface area contributed by atoms with Crippen LogP contribution in [0.1, 0.15) is 16.4 Å². The fourth-order valence-corrected chi connectivity index (χ4v) is 5.09. The summed E-state index contributed by atoms with van der Waals surface area (Å²) in [5.41, 5.74) is -0.0748. The second kappa shape index (κ2) is 8.06. The van der Waals surface area contributed by atoms with Crippen molar-refractivity contribution in [3.8, 4) is 0 Å². The predicted octanol–water partition coefficient (Wildman–Crippen LogP) is 6.29. The second-order valence-corrected chi connectivity index (χ2v) is 8.99. The van der Waals surface area contributed by atoms with Gasteiger partial charge in [-0.15, -0.1) is 0 Å². The largest absolute Gasteiger partial charge is 0.243 e. The number of pyridine rings is 1. The van der Waals surface area contributed by atoms with Crippen molar-refractivity contribution in [2.45, 2.75) is 10.1 Å². The van der Waals surface area contributed by atoms with E-state index in [2.05, 4.69) is 9.83 Å². The summed E-state index contributed by atoms with van der Waals surface area (Å²) < 4.78 is 41.6. The first-order valence-corrected chi connectivity index (χ1v) is 10.4. The fourth-order valence-electron chi connectivity index (χ4n) is 2.69. The Morgan fingerprint density at radius 2 is 1.68 bits per heavy atom. The van der Waals surface area contributed by atoms with E-state index in [9.17, 15) is 12.8 Å². The maximum Gasteiger partial charge on any atom is 0.189 e. The third-order valence-electron chi connectivity index (χ3n) is 3.98. The molecule has 1 aromatic heterocycles. The first kappa shape index (κ1) is 20.6. The minimum Gasteiger partial charge on any atom is -0.243 e. The lowest BCUT2D eigenvalue weighted by Crippen LogP contribution is -2.17. The van der Waals surface area contributed by atoms with Crippen molar-refractivity contribution in [2.24, 2.45) is 0 Å². The smallest absolute Gasteiger partial charge is 0.189 e.